The predicted molar refractivity (Wildman–Crippen MR) is 75.0 cm³/mol. The molecule has 98 valence electrons. The van der Waals surface area contributed by atoms with E-state index in [1.165, 1.54) is 0 Å². The summed E-state index contributed by atoms with van der Waals surface area (Å²) in [5, 5.41) is 18.3. The summed E-state index contributed by atoms with van der Waals surface area (Å²) < 4.78 is 0. The van der Waals surface area contributed by atoms with Crippen LogP contribution in [-0.2, 0) is 6.42 Å². The van der Waals surface area contributed by atoms with E-state index in [9.17, 15) is 9.90 Å². The second-order valence-corrected chi connectivity index (χ2v) is 5.22. The van der Waals surface area contributed by atoms with E-state index in [-0.39, 0.29) is 5.75 Å². The summed E-state index contributed by atoms with van der Waals surface area (Å²) in [6, 6.07) is 12.3. The summed E-state index contributed by atoms with van der Waals surface area (Å²) in [6.45, 7) is 1.94. The average Bonchev–Trinajstić information content (AvgIpc) is 2.41. The van der Waals surface area contributed by atoms with Gasteiger partial charge in [-0.15, -0.1) is 0 Å². The van der Waals surface area contributed by atoms with Gasteiger partial charge in [0.15, 0.2) is 0 Å². The Morgan fingerprint density at radius 3 is 2.32 bits per heavy atom. The summed E-state index contributed by atoms with van der Waals surface area (Å²) in [4.78, 5) is 13.0. The Labute approximate surface area is 115 Å². The van der Waals surface area contributed by atoms with Crippen LogP contribution in [0.15, 0.2) is 52.3 Å². The Morgan fingerprint density at radius 2 is 1.74 bits per heavy atom. The van der Waals surface area contributed by atoms with Crippen molar-refractivity contribution >= 4 is 17.7 Å². The minimum atomic E-state index is -0.891. The molecule has 0 aromatic heterocycles. The van der Waals surface area contributed by atoms with Gasteiger partial charge in [0.05, 0.1) is 5.56 Å². The zero-order valence-corrected chi connectivity index (χ0v) is 11.3. The second kappa shape index (κ2) is 5.80. The van der Waals surface area contributed by atoms with Crippen LogP contribution in [0, 0.1) is 0 Å². The summed E-state index contributed by atoms with van der Waals surface area (Å²) in [6.07, 6.45) is 0.686. The third-order valence-electron chi connectivity index (χ3n) is 2.76. The van der Waals surface area contributed by atoms with Crippen molar-refractivity contribution in [3.05, 3.63) is 53.6 Å². The lowest BCUT2D eigenvalue weighted by molar-refractivity contribution is 0.0695. The Balaban J connectivity index is 2.26. The molecule has 19 heavy (non-hydrogen) atoms. The molecule has 0 bridgehead atoms. The Morgan fingerprint density at radius 1 is 1.11 bits per heavy atom. The molecule has 0 aliphatic heterocycles. The van der Waals surface area contributed by atoms with Crippen molar-refractivity contribution in [2.45, 2.75) is 23.1 Å². The molecular weight excluding hydrogens is 260 g/mol. The van der Waals surface area contributed by atoms with Crippen LogP contribution in [0.5, 0.6) is 5.75 Å². The minimum Gasteiger partial charge on any atom is -0.508 e. The van der Waals surface area contributed by atoms with Gasteiger partial charge in [-0.2, -0.15) is 0 Å². The number of carboxylic acid groups (broad SMARTS) is 1. The smallest absolute Gasteiger partial charge is 0.335 e. The molecule has 4 heteroatoms. The summed E-state index contributed by atoms with van der Waals surface area (Å²) in [5.74, 6) is -0.655. The van der Waals surface area contributed by atoms with Crippen molar-refractivity contribution in [3.8, 4) is 5.75 Å². The van der Waals surface area contributed by atoms with E-state index in [0.29, 0.717) is 12.0 Å². The highest BCUT2D eigenvalue weighted by molar-refractivity contribution is 7.99. The van der Waals surface area contributed by atoms with Crippen LogP contribution in [0.2, 0.25) is 0 Å². The average molecular weight is 274 g/mol. The monoisotopic (exact) mass is 274 g/mol. The molecule has 0 amide bonds. The molecule has 2 rings (SSSR count). The van der Waals surface area contributed by atoms with E-state index >= 15 is 0 Å². The first kappa shape index (κ1) is 13.5. The third kappa shape index (κ3) is 3.29. The highest BCUT2D eigenvalue weighted by Gasteiger charge is 2.09. The lowest BCUT2D eigenvalue weighted by atomic mass is 10.1. The van der Waals surface area contributed by atoms with Gasteiger partial charge in [-0.1, -0.05) is 18.7 Å². The minimum absolute atomic E-state index is 0.236. The van der Waals surface area contributed by atoms with E-state index in [4.69, 9.17) is 5.11 Å². The lowest BCUT2D eigenvalue weighted by Crippen LogP contribution is -2.01. The fourth-order valence-electron chi connectivity index (χ4n) is 1.78. The number of carbonyl (C=O) groups is 1. The largest absolute Gasteiger partial charge is 0.508 e. The first-order chi connectivity index (χ1) is 9.10. The number of aryl methyl sites for hydroxylation is 1. The third-order valence-corrected chi connectivity index (χ3v) is 3.76. The van der Waals surface area contributed by atoms with E-state index in [1.807, 2.05) is 25.1 Å². The molecule has 0 atom stereocenters. The van der Waals surface area contributed by atoms with Gasteiger partial charge in [0.2, 0.25) is 0 Å². The standard InChI is InChI=1S/C15H14O3S/c1-2-10-9-13(7-8-14(10)15(17)18)19-12-5-3-11(16)4-6-12/h3-9,16H,2H2,1H3,(H,17,18). The topological polar surface area (TPSA) is 57.5 Å². The van der Waals surface area contributed by atoms with Crippen LogP contribution >= 0.6 is 11.8 Å². The van der Waals surface area contributed by atoms with Gasteiger partial charge in [-0.05, 0) is 54.4 Å². The van der Waals surface area contributed by atoms with Gasteiger partial charge in [-0.3, -0.25) is 0 Å². The Kier molecular flexibility index (Phi) is 4.12. The number of benzene rings is 2. The SMILES string of the molecule is CCc1cc(Sc2ccc(O)cc2)ccc1C(=O)O. The van der Waals surface area contributed by atoms with Crippen LogP contribution in [0.1, 0.15) is 22.8 Å². The van der Waals surface area contributed by atoms with Crippen LogP contribution in [-0.4, -0.2) is 16.2 Å². The van der Waals surface area contributed by atoms with Crippen LogP contribution in [0.4, 0.5) is 0 Å². The first-order valence-corrected chi connectivity index (χ1v) is 6.75. The number of hydrogen-bond acceptors (Lipinski definition) is 3. The quantitative estimate of drug-likeness (QED) is 0.890. The lowest BCUT2D eigenvalue weighted by Gasteiger charge is -2.07. The molecule has 0 heterocycles. The molecule has 0 aliphatic rings. The number of rotatable bonds is 4. The molecule has 0 aliphatic carbocycles. The van der Waals surface area contributed by atoms with Gasteiger partial charge >= 0.3 is 5.97 Å². The van der Waals surface area contributed by atoms with Gasteiger partial charge in [0.25, 0.3) is 0 Å². The highest BCUT2D eigenvalue weighted by atomic mass is 32.2. The van der Waals surface area contributed by atoms with E-state index in [2.05, 4.69) is 0 Å². The summed E-state index contributed by atoms with van der Waals surface area (Å²) in [5.41, 5.74) is 1.19. The number of hydrogen-bond donors (Lipinski definition) is 2. The molecule has 2 aromatic rings. The number of aromatic hydroxyl groups is 1. The van der Waals surface area contributed by atoms with E-state index in [0.717, 1.165) is 15.4 Å². The molecule has 2 N–H and O–H groups in total. The van der Waals surface area contributed by atoms with Crippen molar-refractivity contribution in [3.63, 3.8) is 0 Å². The summed E-state index contributed by atoms with van der Waals surface area (Å²) in [7, 11) is 0. The fourth-order valence-corrected chi connectivity index (χ4v) is 2.67. The maximum Gasteiger partial charge on any atom is 0.335 e. The van der Waals surface area contributed by atoms with Crippen LogP contribution in [0.25, 0.3) is 0 Å². The second-order valence-electron chi connectivity index (χ2n) is 4.07. The molecule has 0 spiro atoms. The normalized spacial score (nSPS) is 10.4. The summed E-state index contributed by atoms with van der Waals surface area (Å²) >= 11 is 1.54. The molecular formula is C15H14O3S. The van der Waals surface area contributed by atoms with Crippen LogP contribution < -0.4 is 0 Å². The van der Waals surface area contributed by atoms with Crippen molar-refractivity contribution < 1.29 is 15.0 Å². The van der Waals surface area contributed by atoms with E-state index in [1.54, 1.807) is 36.0 Å². The van der Waals surface area contributed by atoms with Gasteiger partial charge in [0, 0.05) is 9.79 Å². The predicted octanol–water partition coefficient (Wildman–Crippen LogP) is 3.80. The molecule has 0 saturated heterocycles. The van der Waals surface area contributed by atoms with Crippen molar-refractivity contribution in [2.75, 3.05) is 0 Å². The Bertz CT molecular complexity index is 591. The van der Waals surface area contributed by atoms with Crippen molar-refractivity contribution in [1.82, 2.24) is 0 Å². The first-order valence-electron chi connectivity index (χ1n) is 5.93. The number of aromatic carboxylic acids is 1. The number of phenols is 1. The Hall–Kier alpha value is -1.94. The van der Waals surface area contributed by atoms with Crippen LogP contribution in [0.3, 0.4) is 0 Å². The molecule has 0 radical (unpaired) electrons. The molecule has 0 unspecified atom stereocenters. The zero-order chi connectivity index (χ0) is 13.8. The van der Waals surface area contributed by atoms with Gasteiger partial charge in [-0.25, -0.2) is 4.79 Å². The zero-order valence-electron chi connectivity index (χ0n) is 10.5. The van der Waals surface area contributed by atoms with Crippen molar-refractivity contribution in [2.24, 2.45) is 0 Å². The molecule has 0 saturated carbocycles. The van der Waals surface area contributed by atoms with Gasteiger partial charge < -0.3 is 10.2 Å². The van der Waals surface area contributed by atoms with Crippen molar-refractivity contribution in [1.29, 1.82) is 0 Å². The van der Waals surface area contributed by atoms with Gasteiger partial charge in [0.1, 0.15) is 5.75 Å². The van der Waals surface area contributed by atoms with E-state index < -0.39 is 5.97 Å². The maximum atomic E-state index is 11.1. The fraction of sp³-hybridized carbons (Fsp3) is 0.133. The molecule has 2 aromatic carbocycles. The number of phenolic OH excluding ortho intramolecular Hbond substituents is 1. The maximum absolute atomic E-state index is 11.1. The molecule has 0 fully saturated rings. The highest BCUT2D eigenvalue weighted by Crippen LogP contribution is 2.30. The molecule has 3 nitrogen and oxygen atoms in total. The number of carboxylic acids is 1.